The lowest BCUT2D eigenvalue weighted by molar-refractivity contribution is 0.285. The van der Waals surface area contributed by atoms with Gasteiger partial charge in [-0.3, -0.25) is 4.68 Å². The zero-order valence-electron chi connectivity index (χ0n) is 14.8. The van der Waals surface area contributed by atoms with Gasteiger partial charge in [-0.2, -0.15) is 9.49 Å². The van der Waals surface area contributed by atoms with Crippen LogP contribution in [0.4, 0.5) is 8.78 Å². The van der Waals surface area contributed by atoms with Crippen molar-refractivity contribution in [3.05, 3.63) is 83.5 Å². The SMILES string of the molecule is Cc1nn(C/C(N)=C/N)cc1-c1ccc(OCc2ccccc2)c(F)c1F. The molecule has 0 aliphatic heterocycles. The predicted octanol–water partition coefficient (Wildman–Crippen LogP) is 3.47. The summed E-state index contributed by atoms with van der Waals surface area (Å²) in [5, 5.41) is 4.26. The van der Waals surface area contributed by atoms with E-state index in [0.717, 1.165) is 5.56 Å². The molecule has 0 saturated heterocycles. The van der Waals surface area contributed by atoms with Gasteiger partial charge in [-0.1, -0.05) is 30.3 Å². The summed E-state index contributed by atoms with van der Waals surface area (Å²) in [5.41, 5.74) is 13.5. The van der Waals surface area contributed by atoms with Crippen molar-refractivity contribution in [2.45, 2.75) is 20.1 Å². The third kappa shape index (κ3) is 4.08. The van der Waals surface area contributed by atoms with Crippen molar-refractivity contribution in [2.75, 3.05) is 0 Å². The van der Waals surface area contributed by atoms with Gasteiger partial charge in [0.15, 0.2) is 11.6 Å². The van der Waals surface area contributed by atoms with Crippen LogP contribution >= 0.6 is 0 Å². The van der Waals surface area contributed by atoms with Gasteiger partial charge in [-0.15, -0.1) is 0 Å². The van der Waals surface area contributed by atoms with Crippen molar-refractivity contribution >= 4 is 0 Å². The first kappa shape index (κ1) is 18.4. The van der Waals surface area contributed by atoms with Gasteiger partial charge in [0.05, 0.1) is 12.2 Å². The smallest absolute Gasteiger partial charge is 0.201 e. The maximum absolute atomic E-state index is 14.6. The maximum Gasteiger partial charge on any atom is 0.201 e. The summed E-state index contributed by atoms with van der Waals surface area (Å²) < 4.78 is 36.1. The molecule has 4 N–H and O–H groups in total. The number of aromatic nitrogens is 2. The molecule has 0 radical (unpaired) electrons. The highest BCUT2D eigenvalue weighted by Crippen LogP contribution is 2.31. The van der Waals surface area contributed by atoms with Crippen molar-refractivity contribution in [2.24, 2.45) is 11.5 Å². The minimum absolute atomic E-state index is 0.110. The minimum Gasteiger partial charge on any atom is -0.486 e. The first-order chi connectivity index (χ1) is 13.0. The molecule has 0 atom stereocenters. The van der Waals surface area contributed by atoms with Crippen LogP contribution in [0, 0.1) is 18.6 Å². The Morgan fingerprint density at radius 1 is 1.11 bits per heavy atom. The Hall–Kier alpha value is -3.35. The summed E-state index contributed by atoms with van der Waals surface area (Å²) in [5.74, 6) is -2.15. The van der Waals surface area contributed by atoms with Crippen LogP contribution in [0.5, 0.6) is 5.75 Å². The van der Waals surface area contributed by atoms with Crippen LogP contribution in [0.25, 0.3) is 11.1 Å². The van der Waals surface area contributed by atoms with E-state index in [1.807, 2.05) is 30.3 Å². The molecule has 5 nitrogen and oxygen atoms in total. The molecule has 27 heavy (non-hydrogen) atoms. The van der Waals surface area contributed by atoms with Crippen molar-refractivity contribution in [3.63, 3.8) is 0 Å². The molecule has 2 aromatic carbocycles. The number of allylic oxidation sites excluding steroid dienone is 1. The van der Waals surface area contributed by atoms with Gasteiger partial charge in [-0.05, 0) is 24.6 Å². The second kappa shape index (κ2) is 7.90. The number of rotatable bonds is 6. The van der Waals surface area contributed by atoms with Crippen LogP contribution < -0.4 is 16.2 Å². The maximum atomic E-state index is 14.6. The second-order valence-corrected chi connectivity index (χ2v) is 6.08. The van der Waals surface area contributed by atoms with E-state index in [9.17, 15) is 8.78 Å². The third-order valence-corrected chi connectivity index (χ3v) is 4.08. The molecular weight excluding hydrogens is 350 g/mol. The normalized spacial score (nSPS) is 11.6. The fourth-order valence-corrected chi connectivity index (χ4v) is 2.69. The van der Waals surface area contributed by atoms with E-state index >= 15 is 0 Å². The molecule has 1 aromatic heterocycles. The van der Waals surface area contributed by atoms with E-state index in [2.05, 4.69) is 5.10 Å². The molecule has 0 aliphatic rings. The van der Waals surface area contributed by atoms with E-state index in [-0.39, 0.29) is 24.5 Å². The number of ether oxygens (including phenoxy) is 1. The molecule has 1 heterocycles. The van der Waals surface area contributed by atoms with Crippen LogP contribution in [-0.2, 0) is 13.2 Å². The molecule has 0 bridgehead atoms. The Balaban J connectivity index is 1.85. The molecule has 140 valence electrons. The highest BCUT2D eigenvalue weighted by atomic mass is 19.2. The Labute approximate surface area is 155 Å². The van der Waals surface area contributed by atoms with Crippen LogP contribution in [0.15, 0.2) is 60.6 Å². The number of hydrogen-bond acceptors (Lipinski definition) is 4. The Morgan fingerprint density at radius 2 is 1.85 bits per heavy atom. The Kier molecular flexibility index (Phi) is 5.40. The molecule has 0 spiro atoms. The highest BCUT2D eigenvalue weighted by molar-refractivity contribution is 5.67. The van der Waals surface area contributed by atoms with E-state index in [1.165, 1.54) is 23.0 Å². The second-order valence-electron chi connectivity index (χ2n) is 6.08. The molecule has 0 aliphatic carbocycles. The number of nitrogens with zero attached hydrogens (tertiary/aromatic N) is 2. The summed E-state index contributed by atoms with van der Waals surface area (Å²) in [6, 6.07) is 12.2. The summed E-state index contributed by atoms with van der Waals surface area (Å²) in [7, 11) is 0. The van der Waals surface area contributed by atoms with Crippen LogP contribution in [0.3, 0.4) is 0 Å². The molecular formula is C20H20F2N4O. The van der Waals surface area contributed by atoms with E-state index in [0.29, 0.717) is 17.0 Å². The van der Waals surface area contributed by atoms with Crippen molar-refractivity contribution in [1.82, 2.24) is 9.78 Å². The molecule has 3 aromatic rings. The average Bonchev–Trinajstić information content (AvgIpc) is 3.03. The number of nitrogens with two attached hydrogens (primary N) is 2. The number of hydrogen-bond donors (Lipinski definition) is 2. The van der Waals surface area contributed by atoms with Crippen LogP contribution in [0.1, 0.15) is 11.3 Å². The zero-order valence-corrected chi connectivity index (χ0v) is 14.8. The summed E-state index contributed by atoms with van der Waals surface area (Å²) >= 11 is 0. The molecule has 0 fully saturated rings. The minimum atomic E-state index is -1.03. The highest BCUT2D eigenvalue weighted by Gasteiger charge is 2.19. The Morgan fingerprint density at radius 3 is 2.56 bits per heavy atom. The zero-order chi connectivity index (χ0) is 19.4. The first-order valence-corrected chi connectivity index (χ1v) is 8.35. The van der Waals surface area contributed by atoms with Crippen LogP contribution in [-0.4, -0.2) is 9.78 Å². The van der Waals surface area contributed by atoms with Gasteiger partial charge in [0, 0.05) is 29.2 Å². The molecule has 0 unspecified atom stereocenters. The van der Waals surface area contributed by atoms with Gasteiger partial charge in [0.1, 0.15) is 6.61 Å². The van der Waals surface area contributed by atoms with Gasteiger partial charge in [0.25, 0.3) is 0 Å². The first-order valence-electron chi connectivity index (χ1n) is 8.35. The number of halogens is 2. The summed E-state index contributed by atoms with van der Waals surface area (Å²) in [6.07, 6.45) is 2.88. The topological polar surface area (TPSA) is 79.1 Å². The predicted molar refractivity (Wildman–Crippen MR) is 99.5 cm³/mol. The van der Waals surface area contributed by atoms with E-state index in [1.54, 1.807) is 13.1 Å². The molecule has 0 saturated carbocycles. The molecule has 7 heteroatoms. The van der Waals surface area contributed by atoms with Gasteiger partial charge in [-0.25, -0.2) is 4.39 Å². The van der Waals surface area contributed by atoms with Crippen molar-refractivity contribution in [3.8, 4) is 16.9 Å². The number of aryl methyl sites for hydroxylation is 1. The largest absolute Gasteiger partial charge is 0.486 e. The summed E-state index contributed by atoms with van der Waals surface area (Å²) in [6.45, 7) is 2.13. The summed E-state index contributed by atoms with van der Waals surface area (Å²) in [4.78, 5) is 0. The molecule has 0 amide bonds. The molecule has 3 rings (SSSR count). The van der Waals surface area contributed by atoms with Crippen LogP contribution in [0.2, 0.25) is 0 Å². The van der Waals surface area contributed by atoms with E-state index < -0.39 is 11.6 Å². The fourth-order valence-electron chi connectivity index (χ4n) is 2.69. The van der Waals surface area contributed by atoms with Gasteiger partial charge >= 0.3 is 0 Å². The third-order valence-electron chi connectivity index (χ3n) is 4.08. The van der Waals surface area contributed by atoms with Gasteiger partial charge < -0.3 is 16.2 Å². The van der Waals surface area contributed by atoms with Crippen molar-refractivity contribution < 1.29 is 13.5 Å². The monoisotopic (exact) mass is 370 g/mol. The fraction of sp³-hybridized carbons (Fsp3) is 0.150. The average molecular weight is 370 g/mol. The standard InChI is InChI=1S/C20H20F2N4O/c1-13-17(11-26(25-13)10-15(24)9-23)16-7-8-18(20(22)19(16)21)27-12-14-5-3-2-4-6-14/h2-9,11H,10,12,23-24H2,1H3/b15-9-. The Bertz CT molecular complexity index is 968. The van der Waals surface area contributed by atoms with E-state index in [4.69, 9.17) is 16.2 Å². The lowest BCUT2D eigenvalue weighted by Gasteiger charge is -2.10. The lowest BCUT2D eigenvalue weighted by atomic mass is 10.1. The van der Waals surface area contributed by atoms with Crippen molar-refractivity contribution in [1.29, 1.82) is 0 Å². The lowest BCUT2D eigenvalue weighted by Crippen LogP contribution is -2.10. The quantitative estimate of drug-likeness (QED) is 0.696. The van der Waals surface area contributed by atoms with Gasteiger partial charge in [0.2, 0.25) is 5.82 Å². The number of benzene rings is 2.